The van der Waals surface area contributed by atoms with Gasteiger partial charge in [0.15, 0.2) is 5.78 Å². The van der Waals surface area contributed by atoms with Gasteiger partial charge in [0.2, 0.25) is 5.91 Å². The van der Waals surface area contributed by atoms with Crippen molar-refractivity contribution in [2.24, 2.45) is 0 Å². The highest BCUT2D eigenvalue weighted by Gasteiger charge is 2.15. The van der Waals surface area contributed by atoms with Crippen LogP contribution < -0.4 is 10.6 Å². The highest BCUT2D eigenvalue weighted by Crippen LogP contribution is 2.27. The van der Waals surface area contributed by atoms with E-state index in [0.717, 1.165) is 5.56 Å². The van der Waals surface area contributed by atoms with Crippen LogP contribution in [0.25, 0.3) is 5.70 Å². The maximum atomic E-state index is 13.1. The molecular weight excluding hydrogens is 384 g/mol. The van der Waals surface area contributed by atoms with E-state index < -0.39 is 0 Å². The molecule has 1 amide bonds. The summed E-state index contributed by atoms with van der Waals surface area (Å²) < 4.78 is 0. The highest BCUT2D eigenvalue weighted by atomic mass is 16.1. The Morgan fingerprint density at radius 1 is 0.710 bits per heavy atom. The maximum absolute atomic E-state index is 13.1. The van der Waals surface area contributed by atoms with Crippen molar-refractivity contribution in [1.82, 2.24) is 0 Å². The van der Waals surface area contributed by atoms with Gasteiger partial charge >= 0.3 is 0 Å². The van der Waals surface area contributed by atoms with Crippen molar-refractivity contribution in [2.45, 2.75) is 33.1 Å². The molecule has 0 saturated heterocycles. The fourth-order valence-corrected chi connectivity index (χ4v) is 3.19. The monoisotopic (exact) mass is 412 g/mol. The van der Waals surface area contributed by atoms with Crippen molar-refractivity contribution in [2.75, 3.05) is 10.6 Å². The number of nitrogens with one attached hydrogen (secondary N) is 2. The Morgan fingerprint density at radius 3 is 1.81 bits per heavy atom. The lowest BCUT2D eigenvalue weighted by Crippen LogP contribution is -2.11. The molecule has 3 aromatic rings. The predicted molar refractivity (Wildman–Crippen MR) is 128 cm³/mol. The van der Waals surface area contributed by atoms with Crippen LogP contribution in [0.4, 0.5) is 11.4 Å². The second-order valence-corrected chi connectivity index (χ2v) is 8.47. The van der Waals surface area contributed by atoms with E-state index in [0.29, 0.717) is 22.6 Å². The van der Waals surface area contributed by atoms with Crippen LogP contribution in [-0.2, 0) is 10.2 Å². The molecule has 0 aliphatic rings. The lowest BCUT2D eigenvalue weighted by molar-refractivity contribution is -0.114. The summed E-state index contributed by atoms with van der Waals surface area (Å²) in [5, 5.41) is 6.15. The van der Waals surface area contributed by atoms with Gasteiger partial charge in [-0.05, 0) is 28.7 Å². The van der Waals surface area contributed by atoms with Crippen LogP contribution in [0.5, 0.6) is 0 Å². The standard InChI is InChI=1S/C27H28N2O2/c1-19(30)28-23-12-8-9-13-24(23)29-25(20-10-6-5-7-11-20)18-26(31)21-14-16-22(17-15-21)27(2,3)4/h5-18,29H,1-4H3,(H,28,30). The molecule has 3 rings (SSSR count). The lowest BCUT2D eigenvalue weighted by atomic mass is 9.86. The van der Waals surface area contributed by atoms with Gasteiger partial charge in [0.25, 0.3) is 0 Å². The van der Waals surface area contributed by atoms with Gasteiger partial charge in [-0.3, -0.25) is 9.59 Å². The molecule has 0 aliphatic heterocycles. The van der Waals surface area contributed by atoms with Crippen molar-refractivity contribution >= 4 is 28.8 Å². The second-order valence-electron chi connectivity index (χ2n) is 8.47. The largest absolute Gasteiger partial charge is 0.353 e. The minimum atomic E-state index is -0.158. The van der Waals surface area contributed by atoms with Crippen molar-refractivity contribution < 1.29 is 9.59 Å². The van der Waals surface area contributed by atoms with E-state index in [9.17, 15) is 9.59 Å². The topological polar surface area (TPSA) is 58.2 Å². The van der Waals surface area contributed by atoms with Crippen LogP contribution in [-0.4, -0.2) is 11.7 Å². The molecule has 0 unspecified atom stereocenters. The average molecular weight is 413 g/mol. The fraction of sp³-hybridized carbons (Fsp3) is 0.185. The first-order chi connectivity index (χ1) is 14.7. The van der Waals surface area contributed by atoms with Gasteiger partial charge in [-0.25, -0.2) is 0 Å². The van der Waals surface area contributed by atoms with Crippen molar-refractivity contribution in [1.29, 1.82) is 0 Å². The Bertz CT molecular complexity index is 1090. The molecule has 3 aromatic carbocycles. The van der Waals surface area contributed by atoms with Crippen LogP contribution in [0.1, 0.15) is 49.2 Å². The van der Waals surface area contributed by atoms with E-state index in [1.54, 1.807) is 6.08 Å². The van der Waals surface area contributed by atoms with Gasteiger partial charge in [0.05, 0.1) is 11.4 Å². The molecule has 4 heteroatoms. The van der Waals surface area contributed by atoms with Gasteiger partial charge in [-0.1, -0.05) is 87.5 Å². The first-order valence-electron chi connectivity index (χ1n) is 10.3. The van der Waals surface area contributed by atoms with Crippen LogP contribution in [0.3, 0.4) is 0 Å². The number of rotatable bonds is 6. The van der Waals surface area contributed by atoms with E-state index in [2.05, 4.69) is 31.4 Å². The normalized spacial score (nSPS) is 11.7. The van der Waals surface area contributed by atoms with Gasteiger partial charge < -0.3 is 10.6 Å². The maximum Gasteiger partial charge on any atom is 0.221 e. The number of ketones is 1. The van der Waals surface area contributed by atoms with Crippen LogP contribution in [0, 0.1) is 0 Å². The Balaban J connectivity index is 1.96. The van der Waals surface area contributed by atoms with Gasteiger partial charge in [-0.15, -0.1) is 0 Å². The number of amides is 1. The molecule has 31 heavy (non-hydrogen) atoms. The molecule has 0 radical (unpaired) electrons. The SMILES string of the molecule is CC(=O)Nc1ccccc1NC(=CC(=O)c1ccc(C(C)(C)C)cc1)c1ccccc1. The summed E-state index contributed by atoms with van der Waals surface area (Å²) in [7, 11) is 0. The molecule has 0 saturated carbocycles. The highest BCUT2D eigenvalue weighted by molar-refractivity contribution is 6.10. The Morgan fingerprint density at radius 2 is 1.26 bits per heavy atom. The van der Waals surface area contributed by atoms with Crippen LogP contribution in [0.15, 0.2) is 84.9 Å². The van der Waals surface area contributed by atoms with Crippen LogP contribution >= 0.6 is 0 Å². The molecule has 0 aromatic heterocycles. The summed E-state index contributed by atoms with van der Waals surface area (Å²) in [6, 6.07) is 24.8. The zero-order valence-electron chi connectivity index (χ0n) is 18.4. The van der Waals surface area contributed by atoms with Crippen molar-refractivity contribution in [3.63, 3.8) is 0 Å². The summed E-state index contributed by atoms with van der Waals surface area (Å²) in [4.78, 5) is 24.6. The molecule has 0 fully saturated rings. The van der Waals surface area contributed by atoms with E-state index in [1.807, 2.05) is 78.9 Å². The molecule has 0 bridgehead atoms. The van der Waals surface area contributed by atoms with E-state index in [4.69, 9.17) is 0 Å². The first kappa shape index (κ1) is 22.0. The van der Waals surface area contributed by atoms with Gasteiger partial charge in [0.1, 0.15) is 0 Å². The van der Waals surface area contributed by atoms with Crippen molar-refractivity contribution in [3.05, 3.63) is 102 Å². The minimum absolute atomic E-state index is 0.0294. The smallest absolute Gasteiger partial charge is 0.221 e. The summed E-state index contributed by atoms with van der Waals surface area (Å²) in [6.45, 7) is 7.91. The number of benzene rings is 3. The Hall–Kier alpha value is -3.66. The molecule has 4 nitrogen and oxygen atoms in total. The molecule has 0 spiro atoms. The first-order valence-corrected chi connectivity index (χ1v) is 10.3. The Labute approximate surface area is 184 Å². The molecule has 0 aliphatic carbocycles. The minimum Gasteiger partial charge on any atom is -0.353 e. The number of carbonyl (C=O) groups is 2. The summed E-state index contributed by atoms with van der Waals surface area (Å²) in [5.74, 6) is -0.252. The fourth-order valence-electron chi connectivity index (χ4n) is 3.19. The molecule has 2 N–H and O–H groups in total. The number of allylic oxidation sites excluding steroid dienone is 1. The molecular formula is C27H28N2O2. The third kappa shape index (κ3) is 5.92. The lowest BCUT2D eigenvalue weighted by Gasteiger charge is -2.19. The number of carbonyl (C=O) groups excluding carboxylic acids is 2. The number of anilines is 2. The van der Waals surface area contributed by atoms with E-state index >= 15 is 0 Å². The summed E-state index contributed by atoms with van der Waals surface area (Å²) >= 11 is 0. The third-order valence-electron chi connectivity index (χ3n) is 4.90. The van der Waals surface area contributed by atoms with Gasteiger partial charge in [-0.2, -0.15) is 0 Å². The number of hydrogen-bond donors (Lipinski definition) is 2. The Kier molecular flexibility index (Phi) is 6.71. The van der Waals surface area contributed by atoms with Gasteiger partial charge in [0, 0.05) is 24.3 Å². The summed E-state index contributed by atoms with van der Waals surface area (Å²) in [5.41, 5.74) is 4.73. The predicted octanol–water partition coefficient (Wildman–Crippen LogP) is 6.28. The van der Waals surface area contributed by atoms with Crippen molar-refractivity contribution in [3.8, 4) is 0 Å². The quantitative estimate of drug-likeness (QED) is 0.370. The second kappa shape index (κ2) is 9.43. The zero-order valence-corrected chi connectivity index (χ0v) is 18.4. The van der Waals surface area contributed by atoms with E-state index in [-0.39, 0.29) is 17.1 Å². The third-order valence-corrected chi connectivity index (χ3v) is 4.90. The zero-order chi connectivity index (χ0) is 22.4. The molecule has 158 valence electrons. The summed E-state index contributed by atoms with van der Waals surface area (Å²) in [6.07, 6.45) is 1.60. The molecule has 0 atom stereocenters. The van der Waals surface area contributed by atoms with E-state index in [1.165, 1.54) is 12.5 Å². The molecule has 0 heterocycles. The van der Waals surface area contributed by atoms with Crippen LogP contribution in [0.2, 0.25) is 0 Å². The average Bonchev–Trinajstić information content (AvgIpc) is 2.74. The number of para-hydroxylation sites is 2. The number of hydrogen-bond acceptors (Lipinski definition) is 3.